The molecule has 6 nitrogen and oxygen atoms in total. The minimum absolute atomic E-state index is 0.0808. The smallest absolute Gasteiger partial charge is 0.306 e. The van der Waals surface area contributed by atoms with Crippen LogP contribution >= 0.6 is 0 Å². The molecule has 0 heterocycles. The first kappa shape index (κ1) is 69.6. The zero-order valence-corrected chi connectivity index (χ0v) is 48.1. The van der Waals surface area contributed by atoms with Crippen molar-refractivity contribution >= 4 is 17.9 Å². The third-order valence-corrected chi connectivity index (χ3v) is 13.4. The Labute approximate surface area is 452 Å². The van der Waals surface area contributed by atoms with E-state index in [0.29, 0.717) is 19.3 Å². The molecule has 0 aromatic rings. The molecule has 6 heteroatoms. The van der Waals surface area contributed by atoms with Crippen LogP contribution in [0.3, 0.4) is 0 Å². The van der Waals surface area contributed by atoms with Crippen LogP contribution in [-0.2, 0) is 28.6 Å². The Morgan fingerprint density at radius 2 is 0.534 bits per heavy atom. The molecular weight excluding hydrogens is 901 g/mol. The van der Waals surface area contributed by atoms with Gasteiger partial charge in [-0.3, -0.25) is 14.4 Å². The van der Waals surface area contributed by atoms with Crippen molar-refractivity contribution in [2.75, 3.05) is 13.2 Å². The highest BCUT2D eigenvalue weighted by Gasteiger charge is 2.19. The Morgan fingerprint density at radius 1 is 0.288 bits per heavy atom. The number of unbranched alkanes of at least 4 members (excludes halogenated alkanes) is 31. The molecule has 0 radical (unpaired) electrons. The van der Waals surface area contributed by atoms with Crippen molar-refractivity contribution in [3.05, 3.63) is 85.1 Å². The predicted molar refractivity (Wildman–Crippen MR) is 316 cm³/mol. The summed E-state index contributed by atoms with van der Waals surface area (Å²) in [5, 5.41) is 0. The molecule has 0 aliphatic heterocycles. The van der Waals surface area contributed by atoms with Crippen molar-refractivity contribution in [1.29, 1.82) is 0 Å². The molecule has 0 spiro atoms. The molecule has 0 rings (SSSR count). The van der Waals surface area contributed by atoms with Crippen LogP contribution in [0.5, 0.6) is 0 Å². The molecule has 0 saturated heterocycles. The van der Waals surface area contributed by atoms with Crippen molar-refractivity contribution in [1.82, 2.24) is 0 Å². The summed E-state index contributed by atoms with van der Waals surface area (Å²) < 4.78 is 16.9. The van der Waals surface area contributed by atoms with Crippen LogP contribution in [-0.4, -0.2) is 37.2 Å². The van der Waals surface area contributed by atoms with Crippen LogP contribution in [0.15, 0.2) is 85.1 Å². The summed E-state index contributed by atoms with van der Waals surface area (Å²) in [7, 11) is 0. The second-order valence-corrected chi connectivity index (χ2v) is 20.6. The van der Waals surface area contributed by atoms with Gasteiger partial charge in [-0.1, -0.05) is 273 Å². The molecule has 0 bridgehead atoms. The maximum atomic E-state index is 12.9. The van der Waals surface area contributed by atoms with Crippen LogP contribution in [0.25, 0.3) is 0 Å². The van der Waals surface area contributed by atoms with E-state index in [4.69, 9.17) is 14.2 Å². The highest BCUT2D eigenvalue weighted by Crippen LogP contribution is 2.16. The first-order valence-corrected chi connectivity index (χ1v) is 31.1. The van der Waals surface area contributed by atoms with E-state index in [1.165, 1.54) is 154 Å². The number of allylic oxidation sites excluding steroid dienone is 14. The van der Waals surface area contributed by atoms with Crippen molar-refractivity contribution in [2.45, 2.75) is 309 Å². The molecule has 0 aromatic carbocycles. The zero-order valence-electron chi connectivity index (χ0n) is 48.1. The number of ether oxygens (including phenoxy) is 3. The maximum absolute atomic E-state index is 12.9. The Bertz CT molecular complexity index is 1400. The number of carbonyl (C=O) groups is 3. The van der Waals surface area contributed by atoms with Gasteiger partial charge in [0.15, 0.2) is 6.10 Å². The Morgan fingerprint density at radius 3 is 0.836 bits per heavy atom. The van der Waals surface area contributed by atoms with Crippen LogP contribution in [0, 0.1) is 0 Å². The van der Waals surface area contributed by atoms with Gasteiger partial charge < -0.3 is 14.2 Å². The molecule has 0 fully saturated rings. The van der Waals surface area contributed by atoms with Crippen LogP contribution in [0.1, 0.15) is 303 Å². The monoisotopic (exact) mass is 1020 g/mol. The molecule has 0 amide bonds. The molecule has 73 heavy (non-hydrogen) atoms. The van der Waals surface area contributed by atoms with Crippen molar-refractivity contribution < 1.29 is 28.6 Å². The third-order valence-electron chi connectivity index (χ3n) is 13.4. The lowest BCUT2D eigenvalue weighted by molar-refractivity contribution is -0.167. The molecular formula is C67H116O6. The largest absolute Gasteiger partial charge is 0.462 e. The number of hydrogen-bond donors (Lipinski definition) is 0. The lowest BCUT2D eigenvalue weighted by Crippen LogP contribution is -2.30. The average Bonchev–Trinajstić information content (AvgIpc) is 3.39. The van der Waals surface area contributed by atoms with E-state index in [9.17, 15) is 14.4 Å². The third kappa shape index (κ3) is 59.3. The summed E-state index contributed by atoms with van der Waals surface area (Å²) in [4.78, 5) is 38.2. The van der Waals surface area contributed by atoms with E-state index in [2.05, 4.69) is 106 Å². The van der Waals surface area contributed by atoms with E-state index >= 15 is 0 Å². The minimum atomic E-state index is -0.784. The Kier molecular flexibility index (Phi) is 58.3. The fourth-order valence-electron chi connectivity index (χ4n) is 8.74. The van der Waals surface area contributed by atoms with E-state index in [1.807, 2.05) is 0 Å². The summed E-state index contributed by atoms with van der Waals surface area (Å²) >= 11 is 0. The van der Waals surface area contributed by atoms with E-state index in [0.717, 1.165) is 109 Å². The van der Waals surface area contributed by atoms with Gasteiger partial charge >= 0.3 is 17.9 Å². The summed E-state index contributed by atoms with van der Waals surface area (Å²) in [6.07, 6.45) is 80.1. The number of carbonyl (C=O) groups excluding carboxylic acids is 3. The Hall–Kier alpha value is -3.41. The first-order valence-electron chi connectivity index (χ1n) is 31.1. The lowest BCUT2D eigenvalue weighted by atomic mass is 10.1. The van der Waals surface area contributed by atoms with Crippen molar-refractivity contribution in [2.24, 2.45) is 0 Å². The summed E-state index contributed by atoms with van der Waals surface area (Å²) in [6.45, 7) is 6.52. The second-order valence-electron chi connectivity index (χ2n) is 20.6. The van der Waals surface area contributed by atoms with E-state index in [-0.39, 0.29) is 31.1 Å². The van der Waals surface area contributed by atoms with Gasteiger partial charge in [-0.05, 0) is 96.3 Å². The molecule has 0 N–H and O–H groups in total. The Balaban J connectivity index is 4.33. The lowest BCUT2D eigenvalue weighted by Gasteiger charge is -2.18. The number of esters is 3. The van der Waals surface area contributed by atoms with Gasteiger partial charge in [0.05, 0.1) is 0 Å². The molecule has 0 aliphatic carbocycles. The quantitative estimate of drug-likeness (QED) is 0.0261. The van der Waals surface area contributed by atoms with Crippen LogP contribution in [0.2, 0.25) is 0 Å². The number of hydrogen-bond acceptors (Lipinski definition) is 6. The fourth-order valence-corrected chi connectivity index (χ4v) is 8.74. The van der Waals surface area contributed by atoms with Gasteiger partial charge in [-0.15, -0.1) is 0 Å². The van der Waals surface area contributed by atoms with E-state index in [1.54, 1.807) is 0 Å². The van der Waals surface area contributed by atoms with Gasteiger partial charge in [0.25, 0.3) is 0 Å². The maximum Gasteiger partial charge on any atom is 0.306 e. The average molecular weight is 1020 g/mol. The van der Waals surface area contributed by atoms with Gasteiger partial charge in [-0.2, -0.15) is 0 Å². The fraction of sp³-hybridized carbons (Fsp3) is 0.746. The first-order chi connectivity index (χ1) is 36.0. The van der Waals surface area contributed by atoms with Crippen molar-refractivity contribution in [3.8, 4) is 0 Å². The SMILES string of the molecule is CC/C=C\C/C=C\C/C=C\C/C=C\CCCCCCCCCCCCC(=O)OCC(COC(=O)CCCCCCCCCCCCC)OC(=O)CCCCCCCC/C=C\C/C=C\C/C=C\CCCCCCC. The normalized spacial score (nSPS) is 12.6. The van der Waals surface area contributed by atoms with Gasteiger partial charge in [0.1, 0.15) is 13.2 Å². The van der Waals surface area contributed by atoms with Crippen molar-refractivity contribution in [3.63, 3.8) is 0 Å². The summed E-state index contributed by atoms with van der Waals surface area (Å²) in [6, 6.07) is 0. The van der Waals surface area contributed by atoms with E-state index < -0.39 is 6.10 Å². The van der Waals surface area contributed by atoms with Gasteiger partial charge in [-0.25, -0.2) is 0 Å². The highest BCUT2D eigenvalue weighted by atomic mass is 16.6. The van der Waals surface area contributed by atoms with Gasteiger partial charge in [0.2, 0.25) is 0 Å². The highest BCUT2D eigenvalue weighted by molar-refractivity contribution is 5.71. The standard InChI is InChI=1S/C67H116O6/c1-4-7-10-13-16-19-22-24-26-28-30-32-33-35-36-38-40-42-45-48-51-54-57-60-66(69)72-63-64(62-71-65(68)59-56-53-50-47-44-21-18-15-12-9-6-3)73-67(70)61-58-55-52-49-46-43-41-39-37-34-31-29-27-25-23-20-17-14-11-8-5-2/h7,10,16,19,23-26,29-32,37,39,64H,4-6,8-9,11-15,17-18,20-22,27-28,33-36,38,40-63H2,1-3H3/b10-7-,19-16-,25-23-,26-24-,31-29-,32-30-,39-37-. The number of rotatable bonds is 56. The summed E-state index contributed by atoms with van der Waals surface area (Å²) in [5.74, 6) is -0.888. The molecule has 420 valence electrons. The minimum Gasteiger partial charge on any atom is -0.462 e. The molecule has 1 unspecified atom stereocenters. The topological polar surface area (TPSA) is 78.9 Å². The molecule has 0 aromatic heterocycles. The van der Waals surface area contributed by atoms with Crippen LogP contribution in [0.4, 0.5) is 0 Å². The second kappa shape index (κ2) is 61.1. The van der Waals surface area contributed by atoms with Gasteiger partial charge in [0, 0.05) is 19.3 Å². The predicted octanol–water partition coefficient (Wildman–Crippen LogP) is 21.1. The molecule has 1 atom stereocenters. The zero-order chi connectivity index (χ0) is 52.9. The van der Waals surface area contributed by atoms with Crippen LogP contribution < -0.4 is 0 Å². The molecule has 0 aliphatic rings. The summed E-state index contributed by atoms with van der Waals surface area (Å²) in [5.41, 5.74) is 0. The molecule has 0 saturated carbocycles.